The van der Waals surface area contributed by atoms with Crippen LogP contribution in [0, 0.1) is 5.41 Å². The number of hydrogen-bond donors (Lipinski definition) is 2. The Balaban J connectivity index is 1.18. The fourth-order valence-corrected chi connectivity index (χ4v) is 6.20. The highest BCUT2D eigenvalue weighted by Gasteiger charge is 2.54. The molecular weight excluding hydrogens is 440 g/mol. The Morgan fingerprint density at radius 1 is 1.26 bits per heavy atom. The summed E-state index contributed by atoms with van der Waals surface area (Å²) in [6, 6.07) is 0. The van der Waals surface area contributed by atoms with Crippen molar-refractivity contribution in [2.75, 3.05) is 35.9 Å². The van der Waals surface area contributed by atoms with Gasteiger partial charge in [0.15, 0.2) is 11.8 Å². The quantitative estimate of drug-likeness (QED) is 0.689. The fraction of sp³-hybridized carbons (Fsp3) is 0.600. The predicted octanol–water partition coefficient (Wildman–Crippen LogP) is 2.09. The number of aliphatic hydroxyl groups is 1. The highest BCUT2D eigenvalue weighted by atomic mass is 35.5. The van der Waals surface area contributed by atoms with Gasteiger partial charge in [0.25, 0.3) is 0 Å². The Kier molecular flexibility index (Phi) is 4.42. The van der Waals surface area contributed by atoms with Gasteiger partial charge in [0.2, 0.25) is 11.8 Å². The highest BCUT2D eigenvalue weighted by molar-refractivity contribution is 7.85. The lowest BCUT2D eigenvalue weighted by atomic mass is 9.57. The third-order valence-corrected chi connectivity index (χ3v) is 8.40. The van der Waals surface area contributed by atoms with Crippen LogP contribution >= 0.6 is 11.6 Å². The first-order chi connectivity index (χ1) is 15.0. The summed E-state index contributed by atoms with van der Waals surface area (Å²) >= 11 is 5.89. The van der Waals surface area contributed by atoms with E-state index in [4.69, 9.17) is 21.3 Å². The van der Waals surface area contributed by atoms with Crippen LogP contribution in [0.15, 0.2) is 17.3 Å². The summed E-state index contributed by atoms with van der Waals surface area (Å²) in [6.45, 7) is 1.75. The average molecular weight is 463 g/mol. The SMILES string of the molecule is O=[S@@]1COc2nc(N3CC4(CC(c5ncc(Cl)cn5)C4)C3)nc(NC3(CO)CCC3)c21. The van der Waals surface area contributed by atoms with Gasteiger partial charge in [-0.15, -0.1) is 0 Å². The molecule has 2 aromatic rings. The van der Waals surface area contributed by atoms with Gasteiger partial charge in [-0.05, 0) is 32.1 Å². The largest absolute Gasteiger partial charge is 0.463 e. The van der Waals surface area contributed by atoms with Crippen LogP contribution in [-0.4, -0.2) is 60.4 Å². The molecule has 6 rings (SSSR count). The van der Waals surface area contributed by atoms with Crippen LogP contribution in [0.1, 0.15) is 43.8 Å². The van der Waals surface area contributed by atoms with Gasteiger partial charge in [0, 0.05) is 36.8 Å². The first kappa shape index (κ1) is 19.6. The van der Waals surface area contributed by atoms with Crippen molar-refractivity contribution in [3.05, 3.63) is 23.2 Å². The molecule has 4 heterocycles. The van der Waals surface area contributed by atoms with Gasteiger partial charge >= 0.3 is 0 Å². The molecule has 0 amide bonds. The molecule has 2 saturated carbocycles. The van der Waals surface area contributed by atoms with Crippen molar-refractivity contribution in [2.45, 2.75) is 48.5 Å². The highest BCUT2D eigenvalue weighted by Crippen LogP contribution is 2.56. The van der Waals surface area contributed by atoms with Crippen molar-refractivity contribution < 1.29 is 14.1 Å². The van der Waals surface area contributed by atoms with E-state index < -0.39 is 10.8 Å². The van der Waals surface area contributed by atoms with E-state index in [1.807, 2.05) is 0 Å². The first-order valence-electron chi connectivity index (χ1n) is 10.5. The van der Waals surface area contributed by atoms with E-state index in [-0.39, 0.29) is 23.5 Å². The second-order valence-electron chi connectivity index (χ2n) is 9.25. The van der Waals surface area contributed by atoms with Crippen LogP contribution < -0.4 is 15.0 Å². The molecule has 0 aromatic carbocycles. The molecule has 3 fully saturated rings. The van der Waals surface area contributed by atoms with Crippen LogP contribution in [0.2, 0.25) is 5.02 Å². The maximum Gasteiger partial charge on any atom is 0.238 e. The van der Waals surface area contributed by atoms with Gasteiger partial charge in [-0.25, -0.2) is 9.97 Å². The summed E-state index contributed by atoms with van der Waals surface area (Å²) in [6.07, 6.45) is 8.17. The molecule has 11 heteroatoms. The second-order valence-corrected chi connectivity index (χ2v) is 11.0. The minimum atomic E-state index is -1.30. The smallest absolute Gasteiger partial charge is 0.238 e. The third kappa shape index (κ3) is 3.18. The summed E-state index contributed by atoms with van der Waals surface area (Å²) in [5.41, 5.74) is -0.143. The number of nitrogens with zero attached hydrogens (tertiary/aromatic N) is 5. The molecule has 4 aliphatic rings. The number of aromatic nitrogens is 4. The van der Waals surface area contributed by atoms with Crippen molar-refractivity contribution >= 4 is 34.2 Å². The molecule has 0 bridgehead atoms. The summed E-state index contributed by atoms with van der Waals surface area (Å²) in [7, 11) is -1.30. The summed E-state index contributed by atoms with van der Waals surface area (Å²) in [4.78, 5) is 20.7. The van der Waals surface area contributed by atoms with E-state index in [2.05, 4.69) is 25.2 Å². The molecule has 2 aliphatic heterocycles. The summed E-state index contributed by atoms with van der Waals surface area (Å²) in [5.74, 6) is 2.84. The van der Waals surface area contributed by atoms with Crippen LogP contribution in [0.5, 0.6) is 5.88 Å². The Morgan fingerprint density at radius 2 is 2.00 bits per heavy atom. The molecule has 2 aromatic heterocycles. The van der Waals surface area contributed by atoms with Crippen LogP contribution in [0.3, 0.4) is 0 Å². The first-order valence-corrected chi connectivity index (χ1v) is 12.2. The standard InChI is InChI=1S/C20H23ClN6O3S/c21-13-6-22-15(23-7-13)12-4-19(5-12)8-27(9-19)18-24-16(26-20(10-28)2-1-3-20)14-17(25-18)30-11-31(14)29/h6-7,12,28H,1-5,8-11H2,(H,24,25,26)/t31-/m1/s1. The second kappa shape index (κ2) is 6.98. The lowest BCUT2D eigenvalue weighted by molar-refractivity contribution is 0.0581. The minimum Gasteiger partial charge on any atom is -0.463 e. The van der Waals surface area contributed by atoms with Gasteiger partial charge in [-0.2, -0.15) is 9.97 Å². The molecule has 1 atom stereocenters. The molecule has 1 spiro atoms. The van der Waals surface area contributed by atoms with Crippen molar-refractivity contribution in [1.82, 2.24) is 19.9 Å². The minimum absolute atomic E-state index is 0.0234. The van der Waals surface area contributed by atoms with Crippen LogP contribution in [-0.2, 0) is 10.8 Å². The number of nitrogens with one attached hydrogen (secondary N) is 1. The Morgan fingerprint density at radius 3 is 2.65 bits per heavy atom. The number of hydrogen-bond acceptors (Lipinski definition) is 9. The maximum atomic E-state index is 12.5. The number of rotatable bonds is 5. The zero-order valence-electron chi connectivity index (χ0n) is 16.9. The van der Waals surface area contributed by atoms with E-state index in [1.165, 1.54) is 0 Å². The van der Waals surface area contributed by atoms with Crippen molar-refractivity contribution in [1.29, 1.82) is 0 Å². The maximum absolute atomic E-state index is 12.5. The van der Waals surface area contributed by atoms with Gasteiger partial charge < -0.3 is 20.1 Å². The van der Waals surface area contributed by atoms with Gasteiger partial charge in [0.05, 0.1) is 17.2 Å². The number of halogens is 1. The third-order valence-electron chi connectivity index (χ3n) is 7.05. The van der Waals surface area contributed by atoms with Crippen molar-refractivity contribution in [2.24, 2.45) is 5.41 Å². The van der Waals surface area contributed by atoms with E-state index in [0.717, 1.165) is 51.0 Å². The predicted molar refractivity (Wildman–Crippen MR) is 115 cm³/mol. The van der Waals surface area contributed by atoms with Crippen LogP contribution in [0.25, 0.3) is 0 Å². The fourth-order valence-electron chi connectivity index (χ4n) is 5.16. The lowest BCUT2D eigenvalue weighted by Crippen LogP contribution is -2.62. The van der Waals surface area contributed by atoms with E-state index >= 15 is 0 Å². The van der Waals surface area contributed by atoms with Crippen molar-refractivity contribution in [3.63, 3.8) is 0 Å². The molecular formula is C20H23ClN6O3S. The topological polar surface area (TPSA) is 113 Å². The summed E-state index contributed by atoms with van der Waals surface area (Å²) < 4.78 is 18.0. The molecule has 1 saturated heterocycles. The van der Waals surface area contributed by atoms with E-state index in [1.54, 1.807) is 12.4 Å². The van der Waals surface area contributed by atoms with Gasteiger partial charge in [0.1, 0.15) is 21.5 Å². The van der Waals surface area contributed by atoms with E-state index in [0.29, 0.717) is 33.5 Å². The Labute approximate surface area is 187 Å². The van der Waals surface area contributed by atoms with Crippen molar-refractivity contribution in [3.8, 4) is 5.88 Å². The molecule has 2 N–H and O–H groups in total. The number of ether oxygens (including phenoxy) is 1. The average Bonchev–Trinajstić information content (AvgIpc) is 3.05. The normalized spacial score (nSPS) is 25.2. The number of aliphatic hydroxyl groups excluding tert-OH is 1. The molecule has 9 nitrogen and oxygen atoms in total. The molecule has 2 aliphatic carbocycles. The van der Waals surface area contributed by atoms with Crippen LogP contribution in [0.4, 0.5) is 11.8 Å². The molecule has 31 heavy (non-hydrogen) atoms. The number of fused-ring (bicyclic) bond motifs is 1. The molecule has 0 radical (unpaired) electrons. The monoisotopic (exact) mass is 462 g/mol. The molecule has 0 unspecified atom stereocenters. The zero-order valence-corrected chi connectivity index (χ0v) is 18.5. The van der Waals surface area contributed by atoms with Gasteiger partial charge in [-0.3, -0.25) is 4.21 Å². The van der Waals surface area contributed by atoms with E-state index in [9.17, 15) is 9.32 Å². The Bertz CT molecular complexity index is 1040. The summed E-state index contributed by atoms with van der Waals surface area (Å²) in [5, 5.41) is 13.8. The van der Waals surface area contributed by atoms with Gasteiger partial charge in [-0.1, -0.05) is 11.6 Å². The lowest BCUT2D eigenvalue weighted by Gasteiger charge is -2.58. The zero-order chi connectivity index (χ0) is 21.2. The Hall–Kier alpha value is -2.04. The number of anilines is 2. The molecule has 164 valence electrons.